The average molecular weight is 215 g/mol. The lowest BCUT2D eigenvalue weighted by Crippen LogP contribution is -2.48. The second-order valence-corrected chi connectivity index (χ2v) is 3.74. The summed E-state index contributed by atoms with van der Waals surface area (Å²) in [6, 6.07) is 0.0690. The Morgan fingerprint density at radius 3 is 3.00 bits per heavy atom. The lowest BCUT2D eigenvalue weighted by molar-refractivity contribution is 0.141. The molecule has 1 heterocycles. The van der Waals surface area contributed by atoms with Crippen LogP contribution < -0.4 is 11.1 Å². The van der Waals surface area contributed by atoms with Gasteiger partial charge in [0.15, 0.2) is 0 Å². The molecule has 1 atom stereocenters. The maximum atomic E-state index is 11.8. The van der Waals surface area contributed by atoms with Crippen molar-refractivity contribution in [2.24, 2.45) is 5.73 Å². The summed E-state index contributed by atoms with van der Waals surface area (Å²) in [5.74, 6) is 0. The molecule has 0 aromatic carbocycles. The number of nitrogens with two attached hydrogens (primary N) is 1. The summed E-state index contributed by atoms with van der Waals surface area (Å²) < 4.78 is 5.29. The largest absolute Gasteiger partial charge is 0.380 e. The number of nitrogens with one attached hydrogen (secondary N) is 1. The molecule has 0 bridgehead atoms. The molecule has 0 aromatic heterocycles. The van der Waals surface area contributed by atoms with Crippen molar-refractivity contribution in [1.82, 2.24) is 10.2 Å². The van der Waals surface area contributed by atoms with Crippen LogP contribution in [0.15, 0.2) is 0 Å². The van der Waals surface area contributed by atoms with Gasteiger partial charge < -0.3 is 20.7 Å². The van der Waals surface area contributed by atoms with Crippen LogP contribution >= 0.6 is 0 Å². The van der Waals surface area contributed by atoms with Crippen LogP contribution in [-0.2, 0) is 4.74 Å². The van der Waals surface area contributed by atoms with E-state index in [1.54, 1.807) is 4.90 Å². The van der Waals surface area contributed by atoms with Crippen LogP contribution in [0.4, 0.5) is 4.79 Å². The molecule has 1 aliphatic heterocycles. The molecule has 1 unspecified atom stereocenters. The highest BCUT2D eigenvalue weighted by Gasteiger charge is 2.17. The highest BCUT2D eigenvalue weighted by Crippen LogP contribution is 2.00. The molecule has 5 nitrogen and oxygen atoms in total. The third kappa shape index (κ3) is 4.05. The van der Waals surface area contributed by atoms with Gasteiger partial charge in [0.05, 0.1) is 6.61 Å². The molecule has 0 aromatic rings. The van der Waals surface area contributed by atoms with Gasteiger partial charge >= 0.3 is 6.03 Å². The van der Waals surface area contributed by atoms with Gasteiger partial charge in [-0.15, -0.1) is 0 Å². The van der Waals surface area contributed by atoms with Crippen molar-refractivity contribution >= 4 is 6.03 Å². The highest BCUT2D eigenvalue weighted by atomic mass is 16.5. The van der Waals surface area contributed by atoms with Crippen LogP contribution in [0.25, 0.3) is 0 Å². The Balaban J connectivity index is 2.36. The number of nitrogens with zero attached hydrogens (tertiary/aromatic N) is 1. The number of rotatable bonds is 3. The fraction of sp³-hybridized carbons (Fsp3) is 0.900. The third-order valence-corrected chi connectivity index (χ3v) is 2.61. The average Bonchev–Trinajstić information content (AvgIpc) is 2.54. The van der Waals surface area contributed by atoms with Crippen molar-refractivity contribution in [2.75, 3.05) is 32.8 Å². The van der Waals surface area contributed by atoms with Crippen molar-refractivity contribution in [2.45, 2.75) is 25.8 Å². The van der Waals surface area contributed by atoms with Crippen molar-refractivity contribution in [1.29, 1.82) is 0 Å². The lowest BCUT2D eigenvalue weighted by atomic mass is 10.2. The molecule has 0 saturated carbocycles. The van der Waals surface area contributed by atoms with Gasteiger partial charge in [0.2, 0.25) is 0 Å². The molecule has 1 saturated heterocycles. The van der Waals surface area contributed by atoms with Crippen molar-refractivity contribution < 1.29 is 9.53 Å². The minimum absolute atomic E-state index is 0.0159. The zero-order chi connectivity index (χ0) is 11.1. The minimum Gasteiger partial charge on any atom is -0.380 e. The minimum atomic E-state index is -0.0159. The molecular formula is C10H21N3O2. The number of carbonyl (C=O) groups is 1. The second kappa shape index (κ2) is 6.63. The molecule has 0 aliphatic carbocycles. The van der Waals surface area contributed by atoms with E-state index >= 15 is 0 Å². The molecule has 1 aliphatic rings. The van der Waals surface area contributed by atoms with Crippen molar-refractivity contribution in [3.63, 3.8) is 0 Å². The monoisotopic (exact) mass is 215 g/mol. The Morgan fingerprint density at radius 2 is 2.33 bits per heavy atom. The molecule has 1 fully saturated rings. The fourth-order valence-corrected chi connectivity index (χ4v) is 1.54. The summed E-state index contributed by atoms with van der Waals surface area (Å²) >= 11 is 0. The number of urea groups is 1. The fourth-order valence-electron chi connectivity index (χ4n) is 1.54. The van der Waals surface area contributed by atoms with E-state index in [9.17, 15) is 4.79 Å². The zero-order valence-electron chi connectivity index (χ0n) is 9.37. The van der Waals surface area contributed by atoms with Crippen molar-refractivity contribution in [3.8, 4) is 0 Å². The maximum absolute atomic E-state index is 11.8. The Labute approximate surface area is 90.9 Å². The molecule has 0 spiro atoms. The molecule has 3 N–H and O–H groups in total. The molecular weight excluding hydrogens is 194 g/mol. The summed E-state index contributed by atoms with van der Waals surface area (Å²) in [5, 5.41) is 2.92. The summed E-state index contributed by atoms with van der Waals surface area (Å²) in [5.41, 5.74) is 5.53. The van der Waals surface area contributed by atoms with E-state index < -0.39 is 0 Å². The zero-order valence-corrected chi connectivity index (χ0v) is 9.37. The quantitative estimate of drug-likeness (QED) is 0.704. The van der Waals surface area contributed by atoms with Gasteiger partial charge in [0.25, 0.3) is 0 Å². The SMILES string of the molecule is CCC(CN)NC(=O)N1CCCOCC1. The standard InChI is InChI=1S/C10H21N3O2/c1-2-9(8-11)12-10(14)13-4-3-6-15-7-5-13/h9H,2-8,11H2,1H3,(H,12,14). The van der Waals surface area contributed by atoms with Crippen molar-refractivity contribution in [3.05, 3.63) is 0 Å². The summed E-state index contributed by atoms with van der Waals surface area (Å²) in [6.45, 7) is 5.33. The highest BCUT2D eigenvalue weighted by molar-refractivity contribution is 5.74. The number of hydrogen-bond donors (Lipinski definition) is 2. The molecule has 15 heavy (non-hydrogen) atoms. The van der Waals surface area contributed by atoms with Crippen LogP contribution in [0.1, 0.15) is 19.8 Å². The van der Waals surface area contributed by atoms with E-state index in [1.807, 2.05) is 6.92 Å². The number of amides is 2. The van der Waals surface area contributed by atoms with E-state index in [2.05, 4.69) is 5.32 Å². The summed E-state index contributed by atoms with van der Waals surface area (Å²) in [7, 11) is 0. The predicted molar refractivity (Wildman–Crippen MR) is 58.7 cm³/mol. The van der Waals surface area contributed by atoms with E-state index in [4.69, 9.17) is 10.5 Å². The topological polar surface area (TPSA) is 67.6 Å². The Hall–Kier alpha value is -0.810. The van der Waals surface area contributed by atoms with Gasteiger partial charge in [-0.25, -0.2) is 4.79 Å². The molecule has 1 rings (SSSR count). The van der Waals surface area contributed by atoms with Gasteiger partial charge in [-0.1, -0.05) is 6.92 Å². The van der Waals surface area contributed by atoms with Gasteiger partial charge in [0.1, 0.15) is 0 Å². The number of hydrogen-bond acceptors (Lipinski definition) is 3. The Bertz CT molecular complexity index is 187. The number of ether oxygens (including phenoxy) is 1. The molecule has 2 amide bonds. The van der Waals surface area contributed by atoms with Crippen LogP contribution in [-0.4, -0.2) is 49.8 Å². The lowest BCUT2D eigenvalue weighted by Gasteiger charge is -2.23. The van der Waals surface area contributed by atoms with E-state index in [-0.39, 0.29) is 12.1 Å². The van der Waals surface area contributed by atoms with Crippen LogP contribution in [0.3, 0.4) is 0 Å². The van der Waals surface area contributed by atoms with Crippen LogP contribution in [0.2, 0.25) is 0 Å². The Kier molecular flexibility index (Phi) is 5.42. The maximum Gasteiger partial charge on any atom is 0.317 e. The molecule has 88 valence electrons. The van der Waals surface area contributed by atoms with E-state index in [1.165, 1.54) is 0 Å². The van der Waals surface area contributed by atoms with Crippen LogP contribution in [0.5, 0.6) is 0 Å². The first-order valence-electron chi connectivity index (χ1n) is 5.61. The molecule has 0 radical (unpaired) electrons. The summed E-state index contributed by atoms with van der Waals surface area (Å²) in [6.07, 6.45) is 1.78. The number of carbonyl (C=O) groups excluding carboxylic acids is 1. The van der Waals surface area contributed by atoms with Gasteiger partial charge in [-0.3, -0.25) is 0 Å². The van der Waals surface area contributed by atoms with E-state index in [0.717, 1.165) is 26.0 Å². The summed E-state index contributed by atoms with van der Waals surface area (Å²) in [4.78, 5) is 13.6. The van der Waals surface area contributed by atoms with Crippen LogP contribution in [0, 0.1) is 0 Å². The van der Waals surface area contributed by atoms with Gasteiger partial charge in [0, 0.05) is 32.3 Å². The van der Waals surface area contributed by atoms with E-state index in [0.29, 0.717) is 19.7 Å². The first-order valence-corrected chi connectivity index (χ1v) is 5.61. The normalized spacial score (nSPS) is 19.5. The predicted octanol–water partition coefficient (Wildman–Crippen LogP) is 0.156. The second-order valence-electron chi connectivity index (χ2n) is 3.74. The first kappa shape index (κ1) is 12.3. The smallest absolute Gasteiger partial charge is 0.317 e. The Morgan fingerprint density at radius 1 is 1.53 bits per heavy atom. The third-order valence-electron chi connectivity index (χ3n) is 2.61. The van der Waals surface area contributed by atoms with Gasteiger partial charge in [-0.2, -0.15) is 0 Å². The molecule has 5 heteroatoms. The first-order chi connectivity index (χ1) is 7.27. The van der Waals surface area contributed by atoms with Gasteiger partial charge in [-0.05, 0) is 12.8 Å².